The van der Waals surface area contributed by atoms with Gasteiger partial charge in [-0.1, -0.05) is 35.0 Å². The summed E-state index contributed by atoms with van der Waals surface area (Å²) >= 11 is 0. The molecule has 0 radical (unpaired) electrons. The summed E-state index contributed by atoms with van der Waals surface area (Å²) in [5.41, 5.74) is 2.76. The molecule has 3 heterocycles. The number of amides is 1. The van der Waals surface area contributed by atoms with Crippen LogP contribution in [0.2, 0.25) is 0 Å². The maximum atomic E-state index is 12.6. The quantitative estimate of drug-likeness (QED) is 0.722. The van der Waals surface area contributed by atoms with Crippen LogP contribution in [0.5, 0.6) is 0 Å². The first-order chi connectivity index (χ1) is 11.6. The van der Waals surface area contributed by atoms with Crippen LogP contribution >= 0.6 is 0 Å². The standard InChI is InChI=1S/C17H17N5O2/c1-11-3-5-13(6-4-11)14-9-15(24-20-14)17(23)21-7-8-22-12(2)18-19-16(22)10-21/h3-6,9H,7-8,10H2,1-2H3. The van der Waals surface area contributed by atoms with E-state index in [2.05, 4.69) is 15.4 Å². The maximum Gasteiger partial charge on any atom is 0.292 e. The van der Waals surface area contributed by atoms with Gasteiger partial charge in [0.25, 0.3) is 5.91 Å². The van der Waals surface area contributed by atoms with E-state index in [1.165, 1.54) is 5.56 Å². The Morgan fingerprint density at radius 2 is 1.92 bits per heavy atom. The normalized spacial score (nSPS) is 13.8. The zero-order chi connectivity index (χ0) is 16.7. The van der Waals surface area contributed by atoms with E-state index in [0.29, 0.717) is 25.3 Å². The van der Waals surface area contributed by atoms with Crippen LogP contribution in [0.3, 0.4) is 0 Å². The second-order valence-corrected chi connectivity index (χ2v) is 5.98. The van der Waals surface area contributed by atoms with Crippen molar-refractivity contribution in [2.45, 2.75) is 26.9 Å². The second-order valence-electron chi connectivity index (χ2n) is 5.98. The number of hydrogen-bond donors (Lipinski definition) is 0. The summed E-state index contributed by atoms with van der Waals surface area (Å²) in [6, 6.07) is 9.63. The third kappa shape index (κ3) is 2.47. The molecule has 0 spiro atoms. The van der Waals surface area contributed by atoms with Gasteiger partial charge in [0, 0.05) is 24.7 Å². The summed E-state index contributed by atoms with van der Waals surface area (Å²) in [7, 11) is 0. The SMILES string of the molecule is Cc1ccc(-c2cc(C(=O)N3CCn4c(C)nnc4C3)on2)cc1. The molecular weight excluding hydrogens is 306 g/mol. The van der Waals surface area contributed by atoms with Crippen molar-refractivity contribution in [2.75, 3.05) is 6.54 Å². The predicted octanol–water partition coefficient (Wildman–Crippen LogP) is 2.21. The van der Waals surface area contributed by atoms with Gasteiger partial charge < -0.3 is 14.0 Å². The first kappa shape index (κ1) is 14.6. The summed E-state index contributed by atoms with van der Waals surface area (Å²) in [5.74, 6) is 1.74. The molecule has 122 valence electrons. The van der Waals surface area contributed by atoms with E-state index in [-0.39, 0.29) is 11.7 Å². The molecule has 0 saturated heterocycles. The summed E-state index contributed by atoms with van der Waals surface area (Å²) in [6.45, 7) is 5.67. The molecule has 0 aliphatic carbocycles. The van der Waals surface area contributed by atoms with Gasteiger partial charge >= 0.3 is 0 Å². The molecule has 3 aromatic rings. The Morgan fingerprint density at radius 3 is 2.71 bits per heavy atom. The van der Waals surface area contributed by atoms with Crippen molar-refractivity contribution in [2.24, 2.45) is 0 Å². The number of carbonyl (C=O) groups excluding carboxylic acids is 1. The van der Waals surface area contributed by atoms with Gasteiger partial charge in [0.15, 0.2) is 5.82 Å². The third-order valence-electron chi connectivity index (χ3n) is 4.29. The highest BCUT2D eigenvalue weighted by molar-refractivity contribution is 5.92. The van der Waals surface area contributed by atoms with Crippen molar-refractivity contribution in [3.8, 4) is 11.3 Å². The molecule has 1 amide bonds. The first-order valence-electron chi connectivity index (χ1n) is 7.83. The van der Waals surface area contributed by atoms with E-state index in [1.54, 1.807) is 11.0 Å². The van der Waals surface area contributed by atoms with Crippen LogP contribution in [0, 0.1) is 13.8 Å². The average molecular weight is 323 g/mol. The van der Waals surface area contributed by atoms with Crippen LogP contribution in [0.1, 0.15) is 27.8 Å². The number of hydrogen-bond acceptors (Lipinski definition) is 5. The number of carbonyl (C=O) groups is 1. The van der Waals surface area contributed by atoms with Crippen molar-refractivity contribution in [3.63, 3.8) is 0 Å². The Balaban J connectivity index is 1.54. The van der Waals surface area contributed by atoms with Gasteiger partial charge in [-0.15, -0.1) is 10.2 Å². The Hall–Kier alpha value is -2.96. The van der Waals surface area contributed by atoms with Crippen LogP contribution in [0.4, 0.5) is 0 Å². The molecular formula is C17H17N5O2. The van der Waals surface area contributed by atoms with E-state index >= 15 is 0 Å². The number of aryl methyl sites for hydroxylation is 2. The van der Waals surface area contributed by atoms with Gasteiger partial charge in [0.1, 0.15) is 11.5 Å². The second kappa shape index (κ2) is 5.59. The van der Waals surface area contributed by atoms with E-state index in [1.807, 2.05) is 42.7 Å². The van der Waals surface area contributed by atoms with Crippen LogP contribution in [-0.2, 0) is 13.1 Å². The Kier molecular flexibility index (Phi) is 3.41. The van der Waals surface area contributed by atoms with Gasteiger partial charge in [-0.2, -0.15) is 0 Å². The lowest BCUT2D eigenvalue weighted by Crippen LogP contribution is -2.38. The predicted molar refractivity (Wildman–Crippen MR) is 86.2 cm³/mol. The minimum atomic E-state index is -0.173. The lowest BCUT2D eigenvalue weighted by molar-refractivity contribution is 0.0664. The monoisotopic (exact) mass is 323 g/mol. The maximum absolute atomic E-state index is 12.6. The molecule has 7 nitrogen and oxygen atoms in total. The first-order valence-corrected chi connectivity index (χ1v) is 7.83. The van der Waals surface area contributed by atoms with Crippen LogP contribution in [-0.4, -0.2) is 37.3 Å². The van der Waals surface area contributed by atoms with Gasteiger partial charge in [-0.05, 0) is 13.8 Å². The molecule has 4 rings (SSSR count). The highest BCUT2D eigenvalue weighted by Gasteiger charge is 2.26. The van der Waals surface area contributed by atoms with Gasteiger partial charge in [-0.25, -0.2) is 0 Å². The van der Waals surface area contributed by atoms with E-state index in [0.717, 1.165) is 17.2 Å². The fourth-order valence-electron chi connectivity index (χ4n) is 2.87. The smallest absolute Gasteiger partial charge is 0.292 e. The van der Waals surface area contributed by atoms with Crippen molar-refractivity contribution in [1.82, 2.24) is 24.8 Å². The number of benzene rings is 1. The number of rotatable bonds is 2. The minimum Gasteiger partial charge on any atom is -0.350 e. The van der Waals surface area contributed by atoms with Crippen molar-refractivity contribution >= 4 is 5.91 Å². The van der Waals surface area contributed by atoms with Crippen molar-refractivity contribution in [3.05, 3.63) is 53.3 Å². The largest absolute Gasteiger partial charge is 0.350 e. The summed E-state index contributed by atoms with van der Waals surface area (Å²) < 4.78 is 7.30. The van der Waals surface area contributed by atoms with E-state index < -0.39 is 0 Å². The Morgan fingerprint density at radius 1 is 1.12 bits per heavy atom. The van der Waals surface area contributed by atoms with Crippen molar-refractivity contribution in [1.29, 1.82) is 0 Å². The zero-order valence-electron chi connectivity index (χ0n) is 13.6. The lowest BCUT2D eigenvalue weighted by Gasteiger charge is -2.26. The fourth-order valence-corrected chi connectivity index (χ4v) is 2.87. The van der Waals surface area contributed by atoms with Gasteiger partial charge in [0.2, 0.25) is 5.76 Å². The summed E-state index contributed by atoms with van der Waals surface area (Å²) in [4.78, 5) is 14.4. The molecule has 7 heteroatoms. The number of nitrogens with zero attached hydrogens (tertiary/aromatic N) is 5. The molecule has 0 unspecified atom stereocenters. The molecule has 0 atom stereocenters. The van der Waals surface area contributed by atoms with E-state index in [9.17, 15) is 4.79 Å². The van der Waals surface area contributed by atoms with Crippen molar-refractivity contribution < 1.29 is 9.32 Å². The molecule has 0 saturated carbocycles. The zero-order valence-corrected chi connectivity index (χ0v) is 13.6. The lowest BCUT2D eigenvalue weighted by atomic mass is 10.1. The molecule has 24 heavy (non-hydrogen) atoms. The topological polar surface area (TPSA) is 77.0 Å². The Labute approximate surface area is 138 Å². The number of aromatic nitrogens is 4. The Bertz CT molecular complexity index is 894. The highest BCUT2D eigenvalue weighted by Crippen LogP contribution is 2.21. The fraction of sp³-hybridized carbons (Fsp3) is 0.294. The highest BCUT2D eigenvalue weighted by atomic mass is 16.5. The molecule has 1 aromatic carbocycles. The molecule has 2 aromatic heterocycles. The summed E-state index contributed by atoms with van der Waals surface area (Å²) in [5, 5.41) is 12.2. The number of fused-ring (bicyclic) bond motifs is 1. The molecule has 1 aliphatic heterocycles. The minimum absolute atomic E-state index is 0.173. The van der Waals surface area contributed by atoms with Crippen LogP contribution < -0.4 is 0 Å². The van der Waals surface area contributed by atoms with E-state index in [4.69, 9.17) is 4.52 Å². The molecule has 0 N–H and O–H groups in total. The van der Waals surface area contributed by atoms with Crippen LogP contribution in [0.15, 0.2) is 34.9 Å². The molecule has 0 bridgehead atoms. The average Bonchev–Trinajstić information content (AvgIpc) is 3.22. The van der Waals surface area contributed by atoms with Gasteiger partial charge in [0.05, 0.1) is 6.54 Å². The molecule has 1 aliphatic rings. The summed E-state index contributed by atoms with van der Waals surface area (Å²) in [6.07, 6.45) is 0. The third-order valence-corrected chi connectivity index (χ3v) is 4.29. The van der Waals surface area contributed by atoms with Crippen LogP contribution in [0.25, 0.3) is 11.3 Å². The van der Waals surface area contributed by atoms with Gasteiger partial charge in [-0.3, -0.25) is 4.79 Å². The molecule has 0 fully saturated rings.